The van der Waals surface area contributed by atoms with Crippen LogP contribution in [-0.2, 0) is 58.9 Å². The van der Waals surface area contributed by atoms with Crippen LogP contribution in [0.1, 0.15) is 63.0 Å². The molecule has 24 N–H and O–H groups in total. The van der Waals surface area contributed by atoms with E-state index in [4.69, 9.17) is 45.0 Å². The number of amides is 4. The van der Waals surface area contributed by atoms with Gasteiger partial charge in [-0.3, -0.25) is 39.6 Å². The molecule has 4 amide bonds. The minimum atomic E-state index is -2.30. The average Bonchev–Trinajstić information content (AvgIpc) is 1.77. The van der Waals surface area contributed by atoms with Gasteiger partial charge in [0, 0.05) is 31.8 Å². The summed E-state index contributed by atoms with van der Waals surface area (Å²) in [7, 11) is 0. The van der Waals surface area contributed by atoms with Crippen LogP contribution in [0.3, 0.4) is 0 Å². The molecule has 7 rings (SSSR count). The van der Waals surface area contributed by atoms with Crippen molar-refractivity contribution in [1.29, 1.82) is 10.8 Å². The molecule has 2 aromatic carbocycles. The summed E-state index contributed by atoms with van der Waals surface area (Å²) < 4.78 is 34.5. The van der Waals surface area contributed by atoms with Crippen LogP contribution in [0.4, 0.5) is 0 Å². The molecule has 36 nitrogen and oxygen atoms in total. The minimum absolute atomic E-state index is 0.0593. The number of aliphatic hydroxyl groups excluding tert-OH is 13. The third kappa shape index (κ3) is 18.4. The summed E-state index contributed by atoms with van der Waals surface area (Å²) in [6, 6.07) is 1.80. The number of rotatable bonds is 32. The predicted molar refractivity (Wildman–Crippen MR) is 323 cm³/mol. The molecule has 0 spiro atoms. The van der Waals surface area contributed by atoms with Crippen molar-refractivity contribution < 1.29 is 124 Å². The van der Waals surface area contributed by atoms with E-state index in [1.165, 1.54) is 30.6 Å². The molecule has 529 valence electrons. The Morgan fingerprint density at radius 1 is 0.684 bits per heavy atom. The molecule has 0 aromatic heterocycles. The van der Waals surface area contributed by atoms with Gasteiger partial charge in [0.15, 0.2) is 30.5 Å². The Hall–Kier alpha value is -6.92. The summed E-state index contributed by atoms with van der Waals surface area (Å²) in [6.07, 6.45) is -27.3. The van der Waals surface area contributed by atoms with Gasteiger partial charge in [-0.15, -0.1) is 0 Å². The third-order valence-electron chi connectivity index (χ3n) is 17.2. The topological polar surface area (TPSA) is 582 Å². The SMILES string of the molecule is CCCCCCC(=O)OC1C(OC2C(CO)OC(Oc3ccc(C[C@H](NC(=O)[C@@H](N)C(C)c4ccccc4)C(=O)N[C@H](C(=O)N[C@H](C(=O)N[C@H]([C]=O)CO)C(O)C4CNC(=N)N4C4OC(CO)C(O)C(O)C4O)C(O)C4CNC(=N)N4)cc3)C(O)C2O)OC(CO)C(O)C1O. The molecule has 20 unspecified atom stereocenters. The van der Waals surface area contributed by atoms with Crippen molar-refractivity contribution >= 4 is 47.8 Å². The van der Waals surface area contributed by atoms with E-state index in [1.807, 2.05) is 6.92 Å². The number of nitrogens with zero attached hydrogens (tertiary/aromatic N) is 1. The number of unbranched alkanes of at least 4 members (excludes halogenated alkanes) is 3. The molecule has 5 aliphatic heterocycles. The number of guanidine groups is 2. The van der Waals surface area contributed by atoms with Gasteiger partial charge in [-0.2, -0.15) is 0 Å². The maximum atomic E-state index is 15.0. The highest BCUT2D eigenvalue weighted by Gasteiger charge is 2.55. The van der Waals surface area contributed by atoms with Crippen LogP contribution >= 0.6 is 0 Å². The van der Waals surface area contributed by atoms with Crippen LogP contribution in [0.25, 0.3) is 0 Å². The second-order valence-corrected chi connectivity index (χ2v) is 23.8. The molecule has 95 heavy (non-hydrogen) atoms. The number of carbonyl (C=O) groups is 5. The summed E-state index contributed by atoms with van der Waals surface area (Å²) in [4.78, 5) is 83.7. The van der Waals surface area contributed by atoms with Crippen molar-refractivity contribution in [3.05, 3.63) is 65.7 Å². The number of carbonyl (C=O) groups excluding carboxylic acids is 6. The van der Waals surface area contributed by atoms with Gasteiger partial charge >= 0.3 is 5.97 Å². The Morgan fingerprint density at radius 3 is 1.92 bits per heavy atom. The molecule has 5 heterocycles. The van der Waals surface area contributed by atoms with Gasteiger partial charge in [0.05, 0.1) is 44.6 Å². The first-order valence-corrected chi connectivity index (χ1v) is 31.0. The molecule has 36 heteroatoms. The fourth-order valence-corrected chi connectivity index (χ4v) is 11.5. The fourth-order valence-electron chi connectivity index (χ4n) is 11.5. The highest BCUT2D eigenvalue weighted by Crippen LogP contribution is 2.33. The van der Waals surface area contributed by atoms with Crippen LogP contribution in [0.15, 0.2) is 54.6 Å². The lowest BCUT2D eigenvalue weighted by Crippen LogP contribution is -2.69. The van der Waals surface area contributed by atoms with E-state index >= 15 is 0 Å². The molecular formula is C59H88N11O25. The monoisotopic (exact) mass is 1350 g/mol. The van der Waals surface area contributed by atoms with Crippen LogP contribution in [0.5, 0.6) is 5.75 Å². The Kier molecular flexibility index (Phi) is 27.7. The first kappa shape index (κ1) is 75.5. The first-order valence-electron chi connectivity index (χ1n) is 31.0. The highest BCUT2D eigenvalue weighted by molar-refractivity contribution is 5.96. The zero-order chi connectivity index (χ0) is 69.5. The zero-order valence-electron chi connectivity index (χ0n) is 51.9. The number of esters is 1. The van der Waals surface area contributed by atoms with Crippen molar-refractivity contribution in [2.24, 2.45) is 5.73 Å². The lowest BCUT2D eigenvalue weighted by Gasteiger charge is -2.46. The Labute approximate surface area is 544 Å². The largest absolute Gasteiger partial charge is 0.462 e. The summed E-state index contributed by atoms with van der Waals surface area (Å²) >= 11 is 0. The van der Waals surface area contributed by atoms with E-state index in [0.717, 1.165) is 17.7 Å². The maximum absolute atomic E-state index is 15.0. The molecule has 1 radical (unpaired) electrons. The van der Waals surface area contributed by atoms with Gasteiger partial charge in [-0.1, -0.05) is 75.6 Å². The molecule has 0 bridgehead atoms. The fraction of sp³-hybridized carbons (Fsp3) is 0.661. The van der Waals surface area contributed by atoms with Gasteiger partial charge in [0.1, 0.15) is 109 Å². The molecular weight excluding hydrogens is 1260 g/mol. The summed E-state index contributed by atoms with van der Waals surface area (Å²) in [6.45, 7) is -0.744. The molecule has 25 atom stereocenters. The number of ether oxygens (including phenoxy) is 6. The van der Waals surface area contributed by atoms with Gasteiger partial charge in [0.2, 0.25) is 36.2 Å². The van der Waals surface area contributed by atoms with Crippen molar-refractivity contribution in [1.82, 2.24) is 42.1 Å². The summed E-state index contributed by atoms with van der Waals surface area (Å²) in [5.74, 6) is -7.36. The maximum Gasteiger partial charge on any atom is 0.306 e. The Balaban J connectivity index is 1.14. The van der Waals surface area contributed by atoms with Crippen molar-refractivity contribution in [2.75, 3.05) is 39.5 Å². The molecule has 0 saturated carbocycles. The number of nitrogens with one attached hydrogen (secondary N) is 9. The van der Waals surface area contributed by atoms with E-state index in [-0.39, 0.29) is 30.2 Å². The van der Waals surface area contributed by atoms with Crippen molar-refractivity contribution in [2.45, 2.75) is 205 Å². The van der Waals surface area contributed by atoms with E-state index in [2.05, 4.69) is 37.2 Å². The van der Waals surface area contributed by atoms with E-state index < -0.39 is 227 Å². The number of hydrogen-bond donors (Lipinski definition) is 23. The first-order chi connectivity index (χ1) is 45.3. The number of benzene rings is 2. The van der Waals surface area contributed by atoms with Gasteiger partial charge in [-0.25, -0.2) is 0 Å². The van der Waals surface area contributed by atoms with E-state index in [1.54, 1.807) is 37.3 Å². The molecule has 5 aliphatic rings. The smallest absolute Gasteiger partial charge is 0.306 e. The minimum Gasteiger partial charge on any atom is -0.462 e. The summed E-state index contributed by atoms with van der Waals surface area (Å²) in [5.41, 5.74) is 7.39. The average molecular weight is 1350 g/mol. The number of aliphatic hydroxyl groups is 13. The van der Waals surface area contributed by atoms with Crippen molar-refractivity contribution in [3.8, 4) is 5.75 Å². The zero-order valence-corrected chi connectivity index (χ0v) is 51.9. The second-order valence-electron chi connectivity index (χ2n) is 23.8. The molecule has 5 fully saturated rings. The highest BCUT2D eigenvalue weighted by atomic mass is 16.7. The van der Waals surface area contributed by atoms with Crippen LogP contribution in [0, 0.1) is 10.8 Å². The lowest BCUT2D eigenvalue weighted by molar-refractivity contribution is -0.353. The number of nitrogens with two attached hydrogens (primary N) is 1. The van der Waals surface area contributed by atoms with Gasteiger partial charge < -0.3 is 143 Å². The lowest BCUT2D eigenvalue weighted by atomic mass is 9.93. The second kappa shape index (κ2) is 34.8. The van der Waals surface area contributed by atoms with Gasteiger partial charge in [0.25, 0.3) is 0 Å². The van der Waals surface area contributed by atoms with Crippen molar-refractivity contribution in [3.63, 3.8) is 0 Å². The van der Waals surface area contributed by atoms with Gasteiger partial charge in [-0.05, 0) is 29.7 Å². The van der Waals surface area contributed by atoms with E-state index in [0.29, 0.717) is 18.4 Å². The van der Waals surface area contributed by atoms with Crippen LogP contribution in [0.2, 0.25) is 0 Å². The number of hydrogen-bond acceptors (Lipinski definition) is 28. The molecule has 0 aliphatic carbocycles. The normalized spacial score (nSPS) is 31.7. The van der Waals surface area contributed by atoms with E-state index in [9.17, 15) is 95.2 Å². The van der Waals surface area contributed by atoms with Crippen LogP contribution in [-0.4, -0.2) is 305 Å². The quantitative estimate of drug-likeness (QED) is 0.0239. The molecule has 2 aromatic rings. The Morgan fingerprint density at radius 2 is 1.29 bits per heavy atom. The standard InChI is InChI=1S/C59H88N11O25/c1-3-4-5-9-12-36(76)94-50-45(82)43(80)34(23-74)92-57(50)95-49-35(24-75)93-56(48(85)46(49)83)90-29-15-13-26(14-16-29)17-30(66-52(87)37(60)25(2)27-10-7-6-8-11-27)51(86)68-38(40(77)31-18-63-58(61)67-31)54(89)69-39(53(88)65-28(20-71)21-72)41(78)32-19-64-59(62)70(32)55-47(84)44(81)42(79)33(22-73)91-55/h6-8,10-11,13-16,25,28,30-35,37-50,55-57,71,73-75,77-85H,3-5,9,12,17-20,22-24,60H2,1-2H3,(H2,62,64)(H,65,88)(H,66,87)(H,68,86)(H,69,89)(H3,61,63,67)/t25?,28-,30-,31?,32?,33?,34?,35?,37-,38-,39-,40?,41?,42?,43?,44?,45?,46?,47?,48?,49?,50?,55?,56?,57?/m0/s1. The summed E-state index contributed by atoms with van der Waals surface area (Å²) in [5, 5.41) is 175. The Bertz CT molecular complexity index is 2880. The van der Waals surface area contributed by atoms with Crippen LogP contribution < -0.4 is 47.7 Å². The third-order valence-corrected chi connectivity index (χ3v) is 17.2. The predicted octanol–water partition coefficient (Wildman–Crippen LogP) is -9.85. The molecule has 5 saturated heterocycles.